The maximum absolute atomic E-state index is 11.3. The summed E-state index contributed by atoms with van der Waals surface area (Å²) >= 11 is 0. The average Bonchev–Trinajstić information content (AvgIpc) is 2.54. The van der Waals surface area contributed by atoms with E-state index in [1.54, 1.807) is 18.2 Å². The van der Waals surface area contributed by atoms with E-state index in [0.717, 1.165) is 11.4 Å². The van der Waals surface area contributed by atoms with Crippen molar-refractivity contribution in [3.05, 3.63) is 59.4 Å². The molecule has 0 saturated carbocycles. The number of pyridine rings is 1. The van der Waals surface area contributed by atoms with Crippen molar-refractivity contribution in [3.63, 3.8) is 0 Å². The lowest BCUT2D eigenvalue weighted by Gasteiger charge is -2.19. The van der Waals surface area contributed by atoms with Gasteiger partial charge in [0.05, 0.1) is 29.4 Å². The molecule has 0 fully saturated rings. The lowest BCUT2D eigenvalue weighted by molar-refractivity contribution is 0.0953. The van der Waals surface area contributed by atoms with Gasteiger partial charge in [0.15, 0.2) is 0 Å². The summed E-state index contributed by atoms with van der Waals surface area (Å²) in [6.45, 7) is 0.569. The summed E-state index contributed by atoms with van der Waals surface area (Å²) in [5, 5.41) is 8.91. The summed E-state index contributed by atoms with van der Waals surface area (Å²) < 4.78 is 0. The van der Waals surface area contributed by atoms with Crippen LogP contribution < -0.4 is 16.2 Å². The van der Waals surface area contributed by atoms with E-state index >= 15 is 0 Å². The van der Waals surface area contributed by atoms with Gasteiger partial charge in [-0.3, -0.25) is 15.2 Å². The zero-order valence-electron chi connectivity index (χ0n) is 11.6. The molecular formula is C15H15N5O. The standard InChI is InChI=1S/C15H15N5O/c1-20(14-4-2-3-11(7-14)8-16)10-13-6-5-12(9-18-13)15(21)19-17/h2-7,9H,10,17H2,1H3,(H,19,21). The molecule has 0 saturated heterocycles. The highest BCUT2D eigenvalue weighted by Crippen LogP contribution is 2.16. The van der Waals surface area contributed by atoms with Crippen LogP contribution in [0.25, 0.3) is 0 Å². The smallest absolute Gasteiger partial charge is 0.266 e. The second-order valence-electron chi connectivity index (χ2n) is 4.53. The Labute approximate surface area is 122 Å². The molecule has 21 heavy (non-hydrogen) atoms. The highest BCUT2D eigenvalue weighted by atomic mass is 16.2. The van der Waals surface area contributed by atoms with Gasteiger partial charge in [-0.1, -0.05) is 6.07 Å². The van der Waals surface area contributed by atoms with E-state index in [1.807, 2.05) is 30.1 Å². The zero-order chi connectivity index (χ0) is 15.2. The molecule has 1 amide bonds. The number of anilines is 1. The Balaban J connectivity index is 2.10. The lowest BCUT2D eigenvalue weighted by atomic mass is 10.2. The number of nitrogens with one attached hydrogen (secondary N) is 1. The van der Waals surface area contributed by atoms with Crippen LogP contribution in [0.2, 0.25) is 0 Å². The quantitative estimate of drug-likeness (QED) is 0.498. The summed E-state index contributed by atoms with van der Waals surface area (Å²) in [6.07, 6.45) is 1.48. The van der Waals surface area contributed by atoms with E-state index in [2.05, 4.69) is 16.5 Å². The van der Waals surface area contributed by atoms with Gasteiger partial charge in [-0.15, -0.1) is 0 Å². The van der Waals surface area contributed by atoms with Crippen molar-refractivity contribution in [1.29, 1.82) is 5.26 Å². The number of nitrogen functional groups attached to an aromatic ring is 1. The van der Waals surface area contributed by atoms with Gasteiger partial charge in [0, 0.05) is 18.9 Å². The molecule has 1 aromatic heterocycles. The van der Waals surface area contributed by atoms with E-state index in [9.17, 15) is 4.79 Å². The van der Waals surface area contributed by atoms with Crippen molar-refractivity contribution in [2.24, 2.45) is 5.84 Å². The molecule has 0 unspecified atom stereocenters. The molecule has 2 rings (SSSR count). The number of nitrogens with two attached hydrogens (primary N) is 1. The van der Waals surface area contributed by atoms with Crippen molar-refractivity contribution >= 4 is 11.6 Å². The van der Waals surface area contributed by atoms with E-state index in [-0.39, 0.29) is 5.91 Å². The molecule has 0 aliphatic carbocycles. The summed E-state index contributed by atoms with van der Waals surface area (Å²) in [7, 11) is 1.92. The number of carbonyl (C=O) groups excluding carboxylic acids is 1. The Hall–Kier alpha value is -2.91. The minimum Gasteiger partial charge on any atom is -0.369 e. The number of rotatable bonds is 4. The van der Waals surface area contributed by atoms with Crippen molar-refractivity contribution in [3.8, 4) is 6.07 Å². The molecule has 1 aromatic carbocycles. The van der Waals surface area contributed by atoms with Crippen LogP contribution >= 0.6 is 0 Å². The topological polar surface area (TPSA) is 95.0 Å². The van der Waals surface area contributed by atoms with Crippen molar-refractivity contribution in [1.82, 2.24) is 10.4 Å². The minimum atomic E-state index is -0.371. The second-order valence-corrected chi connectivity index (χ2v) is 4.53. The molecule has 3 N–H and O–H groups in total. The van der Waals surface area contributed by atoms with Gasteiger partial charge < -0.3 is 4.90 Å². The SMILES string of the molecule is CN(Cc1ccc(C(=O)NN)cn1)c1cccc(C#N)c1. The zero-order valence-corrected chi connectivity index (χ0v) is 11.6. The molecule has 0 aliphatic heterocycles. The van der Waals surface area contributed by atoms with Gasteiger partial charge in [0.1, 0.15) is 0 Å². The number of nitrogens with zero attached hydrogens (tertiary/aromatic N) is 3. The molecule has 0 atom stereocenters. The van der Waals surface area contributed by atoms with Crippen molar-refractivity contribution in [2.75, 3.05) is 11.9 Å². The fourth-order valence-corrected chi connectivity index (χ4v) is 1.88. The van der Waals surface area contributed by atoms with E-state index in [4.69, 9.17) is 11.1 Å². The van der Waals surface area contributed by atoms with Crippen molar-refractivity contribution in [2.45, 2.75) is 6.54 Å². The van der Waals surface area contributed by atoms with Crippen LogP contribution in [0.3, 0.4) is 0 Å². The van der Waals surface area contributed by atoms with E-state index in [1.165, 1.54) is 6.20 Å². The van der Waals surface area contributed by atoms with Crippen molar-refractivity contribution < 1.29 is 4.79 Å². The third-order valence-corrected chi connectivity index (χ3v) is 3.03. The number of aromatic nitrogens is 1. The third-order valence-electron chi connectivity index (χ3n) is 3.03. The predicted molar refractivity (Wildman–Crippen MR) is 79.2 cm³/mol. The van der Waals surface area contributed by atoms with Crippen LogP contribution in [0.15, 0.2) is 42.6 Å². The third kappa shape index (κ3) is 3.55. The van der Waals surface area contributed by atoms with Gasteiger partial charge in [0.25, 0.3) is 5.91 Å². The fraction of sp³-hybridized carbons (Fsp3) is 0.133. The minimum absolute atomic E-state index is 0.371. The van der Waals surface area contributed by atoms with Gasteiger partial charge in [-0.25, -0.2) is 5.84 Å². The number of carbonyl (C=O) groups is 1. The number of hydrogen-bond donors (Lipinski definition) is 2. The van der Waals surface area contributed by atoms with Crippen LogP contribution in [-0.2, 0) is 6.54 Å². The molecule has 1 heterocycles. The van der Waals surface area contributed by atoms with Crippen LogP contribution in [0.1, 0.15) is 21.6 Å². The highest BCUT2D eigenvalue weighted by Gasteiger charge is 2.07. The van der Waals surface area contributed by atoms with Gasteiger partial charge in [0.2, 0.25) is 0 Å². The first kappa shape index (κ1) is 14.5. The number of amides is 1. The summed E-state index contributed by atoms with van der Waals surface area (Å²) in [5.74, 6) is 4.69. The molecule has 0 spiro atoms. The summed E-state index contributed by atoms with van der Waals surface area (Å²) in [6, 6.07) is 12.9. The molecule has 0 aliphatic rings. The largest absolute Gasteiger partial charge is 0.369 e. The second kappa shape index (κ2) is 6.50. The number of benzene rings is 1. The molecule has 6 heteroatoms. The number of hydrogen-bond acceptors (Lipinski definition) is 5. The maximum Gasteiger partial charge on any atom is 0.266 e. The highest BCUT2D eigenvalue weighted by molar-refractivity contribution is 5.93. The Morgan fingerprint density at radius 1 is 1.43 bits per heavy atom. The van der Waals surface area contributed by atoms with Gasteiger partial charge in [-0.2, -0.15) is 5.26 Å². The van der Waals surface area contributed by atoms with Crippen LogP contribution in [-0.4, -0.2) is 17.9 Å². The van der Waals surface area contributed by atoms with Crippen LogP contribution in [0.4, 0.5) is 5.69 Å². The maximum atomic E-state index is 11.3. The Morgan fingerprint density at radius 2 is 2.24 bits per heavy atom. The molecule has 106 valence electrons. The summed E-state index contributed by atoms with van der Waals surface area (Å²) in [5.41, 5.74) is 4.83. The molecule has 0 radical (unpaired) electrons. The molecule has 6 nitrogen and oxygen atoms in total. The number of hydrazine groups is 1. The summed E-state index contributed by atoms with van der Waals surface area (Å²) in [4.78, 5) is 17.5. The normalized spacial score (nSPS) is 9.76. The predicted octanol–water partition coefficient (Wildman–Crippen LogP) is 1.19. The molecule has 0 bridgehead atoms. The first-order valence-corrected chi connectivity index (χ1v) is 6.31. The Morgan fingerprint density at radius 3 is 2.86 bits per heavy atom. The fourth-order valence-electron chi connectivity index (χ4n) is 1.88. The van der Waals surface area contributed by atoms with Crippen LogP contribution in [0.5, 0.6) is 0 Å². The first-order valence-electron chi connectivity index (χ1n) is 6.31. The van der Waals surface area contributed by atoms with Gasteiger partial charge >= 0.3 is 0 Å². The van der Waals surface area contributed by atoms with Crippen LogP contribution in [0, 0.1) is 11.3 Å². The first-order chi connectivity index (χ1) is 10.1. The average molecular weight is 281 g/mol. The molecule has 2 aromatic rings. The monoisotopic (exact) mass is 281 g/mol. The van der Waals surface area contributed by atoms with Gasteiger partial charge in [-0.05, 0) is 30.3 Å². The Bertz CT molecular complexity index is 675. The lowest BCUT2D eigenvalue weighted by Crippen LogP contribution is -2.30. The van der Waals surface area contributed by atoms with E-state index in [0.29, 0.717) is 17.7 Å². The number of nitriles is 1. The Kier molecular flexibility index (Phi) is 4.49. The van der Waals surface area contributed by atoms with E-state index < -0.39 is 0 Å². The molecular weight excluding hydrogens is 266 g/mol.